The van der Waals surface area contributed by atoms with Crippen LogP contribution in [0.15, 0.2) is 0 Å². The maximum absolute atomic E-state index is 11.1. The normalized spacial score (nSPS) is 15.1. The van der Waals surface area contributed by atoms with Crippen molar-refractivity contribution in [2.24, 2.45) is 5.92 Å². The number of carbonyl (C=O) groups excluding carboxylic acids is 1. The van der Waals surface area contributed by atoms with Crippen molar-refractivity contribution in [2.45, 2.75) is 39.2 Å². The predicted molar refractivity (Wildman–Crippen MR) is 59.6 cm³/mol. The molecule has 0 fully saturated rings. The molecule has 0 aromatic rings. The standard InChI is InChI=1S/C11H23NO3/c1-9(2)5-6-11(3,14)8-12-10(13)7-15-4/h9,14H,5-8H2,1-4H3,(H,12,13). The van der Waals surface area contributed by atoms with Crippen molar-refractivity contribution in [1.29, 1.82) is 0 Å². The van der Waals surface area contributed by atoms with Gasteiger partial charge in [-0.1, -0.05) is 13.8 Å². The fraction of sp³-hybridized carbons (Fsp3) is 0.909. The van der Waals surface area contributed by atoms with Gasteiger partial charge in [-0.05, 0) is 25.7 Å². The van der Waals surface area contributed by atoms with Crippen LogP contribution in [0.5, 0.6) is 0 Å². The van der Waals surface area contributed by atoms with Crippen molar-refractivity contribution < 1.29 is 14.6 Å². The van der Waals surface area contributed by atoms with E-state index in [2.05, 4.69) is 23.9 Å². The van der Waals surface area contributed by atoms with E-state index in [0.717, 1.165) is 6.42 Å². The van der Waals surface area contributed by atoms with Gasteiger partial charge in [-0.15, -0.1) is 0 Å². The molecule has 0 saturated heterocycles. The zero-order valence-corrected chi connectivity index (χ0v) is 10.2. The van der Waals surface area contributed by atoms with Gasteiger partial charge in [0.2, 0.25) is 5.91 Å². The molecule has 0 saturated carbocycles. The minimum absolute atomic E-state index is 0.0419. The van der Waals surface area contributed by atoms with Crippen LogP contribution in [0.2, 0.25) is 0 Å². The molecule has 1 unspecified atom stereocenters. The SMILES string of the molecule is COCC(=O)NCC(C)(O)CCC(C)C. The first-order chi connectivity index (χ1) is 6.87. The number of ether oxygens (including phenoxy) is 1. The second kappa shape index (κ2) is 6.80. The third-order valence-corrected chi connectivity index (χ3v) is 2.20. The van der Waals surface area contributed by atoms with Gasteiger partial charge in [-0.2, -0.15) is 0 Å². The molecule has 1 atom stereocenters. The van der Waals surface area contributed by atoms with Gasteiger partial charge in [0, 0.05) is 13.7 Å². The highest BCUT2D eigenvalue weighted by Gasteiger charge is 2.21. The number of hydrogen-bond acceptors (Lipinski definition) is 3. The van der Waals surface area contributed by atoms with Crippen molar-refractivity contribution in [3.05, 3.63) is 0 Å². The first-order valence-corrected chi connectivity index (χ1v) is 5.35. The van der Waals surface area contributed by atoms with Crippen LogP contribution in [0.4, 0.5) is 0 Å². The molecule has 0 heterocycles. The average Bonchev–Trinajstić information content (AvgIpc) is 2.13. The van der Waals surface area contributed by atoms with Gasteiger partial charge in [0.05, 0.1) is 5.60 Å². The molecule has 0 spiro atoms. The molecule has 0 radical (unpaired) electrons. The highest BCUT2D eigenvalue weighted by atomic mass is 16.5. The molecule has 0 aliphatic heterocycles. The summed E-state index contributed by atoms with van der Waals surface area (Å²) in [6, 6.07) is 0. The summed E-state index contributed by atoms with van der Waals surface area (Å²) in [4.78, 5) is 11.1. The van der Waals surface area contributed by atoms with Gasteiger partial charge < -0.3 is 15.2 Å². The summed E-state index contributed by atoms with van der Waals surface area (Å²) in [5.74, 6) is 0.369. The number of nitrogens with one attached hydrogen (secondary N) is 1. The maximum atomic E-state index is 11.1. The zero-order valence-electron chi connectivity index (χ0n) is 10.2. The first kappa shape index (κ1) is 14.4. The third kappa shape index (κ3) is 8.39. The molecule has 90 valence electrons. The van der Waals surface area contributed by atoms with Gasteiger partial charge in [-0.25, -0.2) is 0 Å². The summed E-state index contributed by atoms with van der Waals surface area (Å²) < 4.78 is 4.67. The lowest BCUT2D eigenvalue weighted by Crippen LogP contribution is -2.41. The van der Waals surface area contributed by atoms with Crippen molar-refractivity contribution in [2.75, 3.05) is 20.3 Å². The van der Waals surface area contributed by atoms with Crippen LogP contribution < -0.4 is 5.32 Å². The van der Waals surface area contributed by atoms with E-state index in [9.17, 15) is 9.90 Å². The Hall–Kier alpha value is -0.610. The molecule has 1 amide bonds. The summed E-state index contributed by atoms with van der Waals surface area (Å²) in [5, 5.41) is 12.6. The molecule has 0 aromatic heterocycles. The van der Waals surface area contributed by atoms with E-state index in [0.29, 0.717) is 12.3 Å². The molecule has 0 bridgehead atoms. The molecule has 0 aliphatic rings. The Labute approximate surface area is 92.0 Å². The fourth-order valence-corrected chi connectivity index (χ4v) is 1.16. The monoisotopic (exact) mass is 217 g/mol. The second-order valence-corrected chi connectivity index (χ2v) is 4.64. The number of rotatable bonds is 7. The number of aliphatic hydroxyl groups is 1. The summed E-state index contributed by atoms with van der Waals surface area (Å²) in [7, 11) is 1.47. The lowest BCUT2D eigenvalue weighted by molar-refractivity contribution is -0.125. The van der Waals surface area contributed by atoms with Crippen LogP contribution in [0.1, 0.15) is 33.6 Å². The highest BCUT2D eigenvalue weighted by Crippen LogP contribution is 2.15. The smallest absolute Gasteiger partial charge is 0.246 e. The Balaban J connectivity index is 3.77. The quantitative estimate of drug-likeness (QED) is 0.667. The molecule has 15 heavy (non-hydrogen) atoms. The minimum atomic E-state index is -0.826. The summed E-state index contributed by atoms with van der Waals surface area (Å²) in [5.41, 5.74) is -0.826. The number of hydrogen-bond donors (Lipinski definition) is 2. The van der Waals surface area contributed by atoms with Crippen LogP contribution in [0.25, 0.3) is 0 Å². The molecule has 4 heteroatoms. The Morgan fingerprint density at radius 3 is 2.60 bits per heavy atom. The van der Waals surface area contributed by atoms with Gasteiger partial charge in [0.15, 0.2) is 0 Å². The Morgan fingerprint density at radius 1 is 1.53 bits per heavy atom. The van der Waals surface area contributed by atoms with E-state index in [1.54, 1.807) is 6.92 Å². The van der Waals surface area contributed by atoms with E-state index < -0.39 is 5.60 Å². The van der Waals surface area contributed by atoms with Gasteiger partial charge >= 0.3 is 0 Å². The molecule has 0 rings (SSSR count). The summed E-state index contributed by atoms with van der Waals surface area (Å²) in [6.45, 7) is 6.28. The van der Waals surface area contributed by atoms with Gasteiger partial charge in [0.25, 0.3) is 0 Å². The highest BCUT2D eigenvalue weighted by molar-refractivity contribution is 5.77. The predicted octanol–water partition coefficient (Wildman–Crippen LogP) is 0.936. The number of amides is 1. The maximum Gasteiger partial charge on any atom is 0.246 e. The van der Waals surface area contributed by atoms with Crippen LogP contribution in [0, 0.1) is 5.92 Å². The van der Waals surface area contributed by atoms with Gasteiger partial charge in [0.1, 0.15) is 6.61 Å². The minimum Gasteiger partial charge on any atom is -0.388 e. The second-order valence-electron chi connectivity index (χ2n) is 4.64. The largest absolute Gasteiger partial charge is 0.388 e. The summed E-state index contributed by atoms with van der Waals surface area (Å²) in [6.07, 6.45) is 1.64. The molecular weight excluding hydrogens is 194 g/mol. The Bertz CT molecular complexity index is 190. The third-order valence-electron chi connectivity index (χ3n) is 2.20. The zero-order chi connectivity index (χ0) is 11.9. The van der Waals surface area contributed by atoms with E-state index in [-0.39, 0.29) is 19.1 Å². The average molecular weight is 217 g/mol. The molecule has 0 aromatic carbocycles. The molecular formula is C11H23NO3. The van der Waals surface area contributed by atoms with Crippen LogP contribution in [-0.2, 0) is 9.53 Å². The Kier molecular flexibility index (Phi) is 6.52. The molecule has 2 N–H and O–H groups in total. The van der Waals surface area contributed by atoms with Crippen molar-refractivity contribution >= 4 is 5.91 Å². The van der Waals surface area contributed by atoms with E-state index in [1.807, 2.05) is 0 Å². The molecule has 0 aliphatic carbocycles. The summed E-state index contributed by atoms with van der Waals surface area (Å²) >= 11 is 0. The van der Waals surface area contributed by atoms with E-state index >= 15 is 0 Å². The topological polar surface area (TPSA) is 58.6 Å². The first-order valence-electron chi connectivity index (χ1n) is 5.35. The van der Waals surface area contributed by atoms with Crippen molar-refractivity contribution in [3.8, 4) is 0 Å². The number of carbonyl (C=O) groups is 1. The van der Waals surface area contributed by atoms with Crippen LogP contribution in [-0.4, -0.2) is 36.9 Å². The van der Waals surface area contributed by atoms with Gasteiger partial charge in [-0.3, -0.25) is 4.79 Å². The fourth-order valence-electron chi connectivity index (χ4n) is 1.16. The van der Waals surface area contributed by atoms with Crippen LogP contribution >= 0.6 is 0 Å². The van der Waals surface area contributed by atoms with Crippen LogP contribution in [0.3, 0.4) is 0 Å². The Morgan fingerprint density at radius 2 is 2.13 bits per heavy atom. The van der Waals surface area contributed by atoms with E-state index in [1.165, 1.54) is 7.11 Å². The lowest BCUT2D eigenvalue weighted by atomic mass is 9.95. The lowest BCUT2D eigenvalue weighted by Gasteiger charge is -2.24. The molecule has 4 nitrogen and oxygen atoms in total. The number of methoxy groups -OCH3 is 1. The van der Waals surface area contributed by atoms with E-state index in [4.69, 9.17) is 0 Å². The van der Waals surface area contributed by atoms with Crippen molar-refractivity contribution in [1.82, 2.24) is 5.32 Å². The van der Waals surface area contributed by atoms with Crippen molar-refractivity contribution in [3.63, 3.8) is 0 Å².